The standard InChI is InChI=1S/C20H15NO5/c1-10-12-7-8-16(22)11(2)17(12)26-20(25)15(10)9-21-18(23)13-5-3-4-6-14(13)19(21)24/h3-8,22H,9H2,1-2H3. The maximum absolute atomic E-state index is 12.5. The van der Waals surface area contributed by atoms with Gasteiger partial charge >= 0.3 is 5.63 Å². The molecule has 4 rings (SSSR count). The molecule has 6 nitrogen and oxygen atoms in total. The Morgan fingerprint density at radius 2 is 1.54 bits per heavy atom. The van der Waals surface area contributed by atoms with Crippen LogP contribution in [0.2, 0.25) is 0 Å². The minimum atomic E-state index is -0.625. The molecule has 0 saturated carbocycles. The van der Waals surface area contributed by atoms with Crippen molar-refractivity contribution in [3.8, 4) is 5.75 Å². The molecule has 6 heteroatoms. The molecule has 0 atom stereocenters. The molecule has 0 bridgehead atoms. The summed E-state index contributed by atoms with van der Waals surface area (Å²) in [5, 5.41) is 10.5. The molecule has 2 amide bonds. The van der Waals surface area contributed by atoms with Crippen LogP contribution in [0, 0.1) is 13.8 Å². The Bertz CT molecular complexity index is 1120. The molecule has 26 heavy (non-hydrogen) atoms. The summed E-state index contributed by atoms with van der Waals surface area (Å²) in [5.41, 5.74) is 1.68. The number of aryl methyl sites for hydroxylation is 2. The first-order chi connectivity index (χ1) is 12.4. The van der Waals surface area contributed by atoms with E-state index in [1.807, 2.05) is 0 Å². The van der Waals surface area contributed by atoms with Gasteiger partial charge < -0.3 is 9.52 Å². The highest BCUT2D eigenvalue weighted by Crippen LogP contribution is 2.30. The molecular formula is C20H15NO5. The largest absolute Gasteiger partial charge is 0.508 e. The van der Waals surface area contributed by atoms with Gasteiger partial charge in [0.1, 0.15) is 11.3 Å². The van der Waals surface area contributed by atoms with Gasteiger partial charge in [-0.25, -0.2) is 4.79 Å². The zero-order valence-electron chi connectivity index (χ0n) is 14.2. The lowest BCUT2D eigenvalue weighted by molar-refractivity contribution is 0.0641. The van der Waals surface area contributed by atoms with Crippen LogP contribution in [-0.2, 0) is 6.54 Å². The maximum Gasteiger partial charge on any atom is 0.341 e. The summed E-state index contributed by atoms with van der Waals surface area (Å²) in [6.07, 6.45) is 0. The molecule has 0 radical (unpaired) electrons. The highest BCUT2D eigenvalue weighted by molar-refractivity contribution is 6.21. The number of carbonyl (C=O) groups excluding carboxylic acids is 2. The zero-order chi connectivity index (χ0) is 18.6. The predicted octanol–water partition coefficient (Wildman–Crippen LogP) is 2.91. The number of nitrogens with zero attached hydrogens (tertiary/aromatic N) is 1. The van der Waals surface area contributed by atoms with Crippen LogP contribution < -0.4 is 5.63 Å². The molecule has 3 aromatic rings. The second-order valence-electron chi connectivity index (χ2n) is 6.32. The summed E-state index contributed by atoms with van der Waals surface area (Å²) in [7, 11) is 0. The van der Waals surface area contributed by atoms with Crippen molar-refractivity contribution < 1.29 is 19.1 Å². The second kappa shape index (κ2) is 5.56. The van der Waals surface area contributed by atoms with Gasteiger partial charge in [0.2, 0.25) is 0 Å². The number of rotatable bonds is 2. The van der Waals surface area contributed by atoms with E-state index in [9.17, 15) is 19.5 Å². The molecule has 1 aliphatic rings. The van der Waals surface area contributed by atoms with Gasteiger partial charge in [0.15, 0.2) is 0 Å². The minimum Gasteiger partial charge on any atom is -0.508 e. The normalized spacial score (nSPS) is 13.5. The van der Waals surface area contributed by atoms with E-state index in [0.717, 1.165) is 4.90 Å². The Morgan fingerprint density at radius 1 is 0.923 bits per heavy atom. The second-order valence-corrected chi connectivity index (χ2v) is 6.32. The third kappa shape index (κ3) is 2.15. The number of benzene rings is 2. The number of hydrogen-bond acceptors (Lipinski definition) is 5. The Morgan fingerprint density at radius 3 is 2.15 bits per heavy atom. The summed E-state index contributed by atoms with van der Waals surface area (Å²) in [5.74, 6) is -0.814. The molecule has 2 heterocycles. The number of aromatic hydroxyl groups is 1. The van der Waals surface area contributed by atoms with Crippen molar-refractivity contribution in [3.05, 3.63) is 74.6 Å². The molecule has 1 aliphatic heterocycles. The van der Waals surface area contributed by atoms with Crippen LogP contribution in [0.3, 0.4) is 0 Å². The quantitative estimate of drug-likeness (QED) is 0.568. The van der Waals surface area contributed by atoms with Crippen molar-refractivity contribution in [1.29, 1.82) is 0 Å². The summed E-state index contributed by atoms with van der Waals surface area (Å²) in [6.45, 7) is 3.24. The van der Waals surface area contributed by atoms with Crippen molar-refractivity contribution in [2.24, 2.45) is 0 Å². The average molecular weight is 349 g/mol. The first-order valence-corrected chi connectivity index (χ1v) is 8.10. The van der Waals surface area contributed by atoms with Crippen LogP contribution in [0.25, 0.3) is 11.0 Å². The summed E-state index contributed by atoms with van der Waals surface area (Å²) in [4.78, 5) is 38.6. The monoisotopic (exact) mass is 349 g/mol. The zero-order valence-corrected chi connectivity index (χ0v) is 14.2. The van der Waals surface area contributed by atoms with Gasteiger partial charge in [-0.15, -0.1) is 0 Å². The minimum absolute atomic E-state index is 0.0353. The number of hydrogen-bond donors (Lipinski definition) is 1. The fourth-order valence-corrected chi connectivity index (χ4v) is 3.30. The van der Waals surface area contributed by atoms with Gasteiger partial charge in [0.25, 0.3) is 11.8 Å². The molecular weight excluding hydrogens is 334 g/mol. The lowest BCUT2D eigenvalue weighted by Gasteiger charge is -2.16. The molecule has 0 unspecified atom stereocenters. The van der Waals surface area contributed by atoms with Gasteiger partial charge in [0.05, 0.1) is 23.2 Å². The molecule has 0 spiro atoms. The number of phenolic OH excluding ortho intramolecular Hbond substituents is 1. The number of phenols is 1. The lowest BCUT2D eigenvalue weighted by Crippen LogP contribution is -2.31. The van der Waals surface area contributed by atoms with Gasteiger partial charge in [-0.3, -0.25) is 14.5 Å². The topological polar surface area (TPSA) is 87.8 Å². The van der Waals surface area contributed by atoms with Crippen LogP contribution in [-0.4, -0.2) is 21.8 Å². The van der Waals surface area contributed by atoms with E-state index in [0.29, 0.717) is 33.2 Å². The maximum atomic E-state index is 12.5. The predicted molar refractivity (Wildman–Crippen MR) is 94.3 cm³/mol. The van der Waals surface area contributed by atoms with Gasteiger partial charge in [-0.05, 0) is 43.7 Å². The molecule has 0 saturated heterocycles. The van der Waals surface area contributed by atoms with E-state index in [1.54, 1.807) is 44.2 Å². The van der Waals surface area contributed by atoms with E-state index >= 15 is 0 Å². The Labute approximate surface area is 148 Å². The van der Waals surface area contributed by atoms with Crippen molar-refractivity contribution in [2.45, 2.75) is 20.4 Å². The van der Waals surface area contributed by atoms with Crippen molar-refractivity contribution in [1.82, 2.24) is 4.90 Å². The van der Waals surface area contributed by atoms with E-state index in [1.165, 1.54) is 6.07 Å². The van der Waals surface area contributed by atoms with E-state index in [-0.39, 0.29) is 17.9 Å². The van der Waals surface area contributed by atoms with Gasteiger partial charge in [-0.2, -0.15) is 0 Å². The van der Waals surface area contributed by atoms with Crippen LogP contribution in [0.1, 0.15) is 37.4 Å². The van der Waals surface area contributed by atoms with E-state index < -0.39 is 17.4 Å². The van der Waals surface area contributed by atoms with Crippen molar-refractivity contribution >= 4 is 22.8 Å². The molecule has 1 aromatic heterocycles. The summed E-state index contributed by atoms with van der Waals surface area (Å²) >= 11 is 0. The van der Waals surface area contributed by atoms with Crippen LogP contribution >= 0.6 is 0 Å². The molecule has 2 aromatic carbocycles. The average Bonchev–Trinajstić information content (AvgIpc) is 2.87. The fourth-order valence-electron chi connectivity index (χ4n) is 3.30. The molecule has 0 fully saturated rings. The molecule has 130 valence electrons. The van der Waals surface area contributed by atoms with Crippen molar-refractivity contribution in [3.63, 3.8) is 0 Å². The van der Waals surface area contributed by atoms with Crippen LogP contribution in [0.4, 0.5) is 0 Å². The lowest BCUT2D eigenvalue weighted by atomic mass is 10.0. The Balaban J connectivity index is 1.82. The third-order valence-electron chi connectivity index (χ3n) is 4.87. The highest BCUT2D eigenvalue weighted by atomic mass is 16.4. The first-order valence-electron chi connectivity index (χ1n) is 8.10. The molecule has 1 N–H and O–H groups in total. The third-order valence-corrected chi connectivity index (χ3v) is 4.87. The number of amides is 2. The van der Waals surface area contributed by atoms with Crippen molar-refractivity contribution in [2.75, 3.05) is 0 Å². The van der Waals surface area contributed by atoms with Crippen LogP contribution in [0.15, 0.2) is 45.6 Å². The van der Waals surface area contributed by atoms with Crippen LogP contribution in [0.5, 0.6) is 5.75 Å². The first kappa shape index (κ1) is 16.1. The molecule has 0 aliphatic carbocycles. The fraction of sp³-hybridized carbons (Fsp3) is 0.150. The van der Waals surface area contributed by atoms with E-state index in [2.05, 4.69) is 0 Å². The smallest absolute Gasteiger partial charge is 0.341 e. The van der Waals surface area contributed by atoms with Gasteiger partial charge in [-0.1, -0.05) is 12.1 Å². The Kier molecular flexibility index (Phi) is 3.44. The van der Waals surface area contributed by atoms with E-state index in [4.69, 9.17) is 4.42 Å². The summed E-state index contributed by atoms with van der Waals surface area (Å²) in [6, 6.07) is 9.75. The summed E-state index contributed by atoms with van der Waals surface area (Å²) < 4.78 is 5.38. The number of imide groups is 1. The van der Waals surface area contributed by atoms with Gasteiger partial charge in [0, 0.05) is 10.9 Å². The SMILES string of the molecule is Cc1c(CN2C(=O)c3ccccc3C2=O)c(=O)oc2c(C)c(O)ccc12. The number of fused-ring (bicyclic) bond motifs is 2. The highest BCUT2D eigenvalue weighted by Gasteiger charge is 2.36. The Hall–Kier alpha value is -3.41. The number of carbonyl (C=O) groups is 2.